The minimum atomic E-state index is -0.835. The number of nitrogens with zero attached hydrogens (tertiary/aromatic N) is 1. The van der Waals surface area contributed by atoms with Crippen LogP contribution in [0, 0.1) is 5.92 Å². The van der Waals surface area contributed by atoms with Crippen LogP contribution in [0.15, 0.2) is 36.4 Å². The number of aliphatic carboxylic acids is 1. The van der Waals surface area contributed by atoms with Crippen LogP contribution < -0.4 is 4.74 Å². The number of rotatable bonds is 5. The molecule has 1 aromatic heterocycles. The van der Waals surface area contributed by atoms with E-state index in [1.54, 1.807) is 4.90 Å². The highest BCUT2D eigenvalue weighted by atomic mass is 32.1. The largest absolute Gasteiger partial charge is 0.492 e. The quantitative estimate of drug-likeness (QED) is 0.883. The number of carbonyl (C=O) groups excluding carboxylic acids is 1. The van der Waals surface area contributed by atoms with Gasteiger partial charge in [-0.3, -0.25) is 9.59 Å². The molecule has 0 spiro atoms. The Kier molecular flexibility index (Phi) is 5.38. The van der Waals surface area contributed by atoms with Gasteiger partial charge in [-0.2, -0.15) is 0 Å². The van der Waals surface area contributed by atoms with E-state index in [1.165, 1.54) is 11.3 Å². The molecule has 1 amide bonds. The maximum Gasteiger partial charge on any atom is 0.308 e. The summed E-state index contributed by atoms with van der Waals surface area (Å²) >= 11 is 1.40. The molecule has 1 atom stereocenters. The summed E-state index contributed by atoms with van der Waals surface area (Å²) in [5.41, 5.74) is 1.04. The summed E-state index contributed by atoms with van der Waals surface area (Å²) in [6.07, 6.45) is 1.33. The Balaban J connectivity index is 1.88. The third-order valence-corrected chi connectivity index (χ3v) is 5.46. The number of hydrogen-bond acceptors (Lipinski definition) is 4. The highest BCUT2D eigenvalue weighted by Gasteiger charge is 2.31. The monoisotopic (exact) mass is 359 g/mol. The second-order valence-electron chi connectivity index (χ2n) is 6.03. The molecular formula is C19H21NO4S. The normalized spacial score (nSPS) is 17.3. The number of hydrogen-bond donors (Lipinski definition) is 1. The first-order chi connectivity index (χ1) is 12.1. The Morgan fingerprint density at radius 3 is 2.76 bits per heavy atom. The van der Waals surface area contributed by atoms with Crippen LogP contribution in [-0.4, -0.2) is 41.6 Å². The van der Waals surface area contributed by atoms with Crippen molar-refractivity contribution in [3.05, 3.63) is 41.3 Å². The Morgan fingerprint density at radius 1 is 1.32 bits per heavy atom. The second kappa shape index (κ2) is 7.70. The zero-order valence-corrected chi connectivity index (χ0v) is 14.9. The average molecular weight is 359 g/mol. The Hall–Kier alpha value is -2.34. The van der Waals surface area contributed by atoms with Gasteiger partial charge >= 0.3 is 5.97 Å². The van der Waals surface area contributed by atoms with Crippen LogP contribution in [0.4, 0.5) is 0 Å². The SMILES string of the molecule is CCOc1cc(-c2ccccc2)sc1C(=O)N1CCC[C@H](C(=O)O)C1. The van der Waals surface area contributed by atoms with Crippen molar-refractivity contribution in [1.82, 2.24) is 4.90 Å². The molecule has 1 N–H and O–H groups in total. The van der Waals surface area contributed by atoms with Gasteiger partial charge in [-0.1, -0.05) is 30.3 Å². The predicted octanol–water partition coefficient (Wildman–Crippen LogP) is 3.75. The molecule has 5 nitrogen and oxygen atoms in total. The number of carbonyl (C=O) groups is 2. The summed E-state index contributed by atoms with van der Waals surface area (Å²) in [6.45, 7) is 3.21. The lowest BCUT2D eigenvalue weighted by Gasteiger charge is -2.30. The molecule has 6 heteroatoms. The first kappa shape index (κ1) is 17.5. The summed E-state index contributed by atoms with van der Waals surface area (Å²) in [5.74, 6) is -0.879. The van der Waals surface area contributed by atoms with E-state index >= 15 is 0 Å². The van der Waals surface area contributed by atoms with Gasteiger partial charge in [0.15, 0.2) is 0 Å². The van der Waals surface area contributed by atoms with Gasteiger partial charge in [0.1, 0.15) is 10.6 Å². The lowest BCUT2D eigenvalue weighted by Crippen LogP contribution is -2.42. The molecule has 0 saturated carbocycles. The van der Waals surface area contributed by atoms with E-state index in [2.05, 4.69) is 0 Å². The van der Waals surface area contributed by atoms with Gasteiger partial charge in [-0.25, -0.2) is 0 Å². The van der Waals surface area contributed by atoms with E-state index in [0.29, 0.717) is 36.6 Å². The molecule has 2 aromatic rings. The molecule has 0 bridgehead atoms. The van der Waals surface area contributed by atoms with E-state index in [9.17, 15) is 14.7 Å². The number of amides is 1. The highest BCUT2D eigenvalue weighted by molar-refractivity contribution is 7.17. The standard InChI is InChI=1S/C19H21NO4S/c1-2-24-15-11-16(13-7-4-3-5-8-13)25-17(15)18(21)20-10-6-9-14(12-20)19(22)23/h3-5,7-8,11,14H,2,6,9-10,12H2,1H3,(H,22,23)/t14-/m0/s1. The third-order valence-electron chi connectivity index (χ3n) is 4.31. The summed E-state index contributed by atoms with van der Waals surface area (Å²) in [4.78, 5) is 27.4. The molecule has 3 rings (SSSR count). The number of ether oxygens (including phenoxy) is 1. The molecule has 0 aliphatic carbocycles. The van der Waals surface area contributed by atoms with Crippen LogP contribution in [0.25, 0.3) is 10.4 Å². The van der Waals surface area contributed by atoms with Crippen molar-refractivity contribution in [2.45, 2.75) is 19.8 Å². The van der Waals surface area contributed by atoms with Crippen LogP contribution in [0.3, 0.4) is 0 Å². The average Bonchev–Trinajstić information content (AvgIpc) is 3.06. The summed E-state index contributed by atoms with van der Waals surface area (Å²) in [7, 11) is 0. The summed E-state index contributed by atoms with van der Waals surface area (Å²) in [5, 5.41) is 9.24. The lowest BCUT2D eigenvalue weighted by atomic mass is 9.98. The van der Waals surface area contributed by atoms with Gasteiger partial charge in [-0.05, 0) is 31.4 Å². The minimum Gasteiger partial charge on any atom is -0.492 e. The first-order valence-electron chi connectivity index (χ1n) is 8.44. The molecule has 1 aliphatic rings. The number of thiophene rings is 1. The number of piperidine rings is 1. The maximum atomic E-state index is 13.0. The highest BCUT2D eigenvalue weighted by Crippen LogP contribution is 2.37. The van der Waals surface area contributed by atoms with Gasteiger partial charge in [0, 0.05) is 18.0 Å². The fraction of sp³-hybridized carbons (Fsp3) is 0.368. The minimum absolute atomic E-state index is 0.137. The fourth-order valence-electron chi connectivity index (χ4n) is 3.04. The second-order valence-corrected chi connectivity index (χ2v) is 7.08. The number of carboxylic acid groups (broad SMARTS) is 1. The molecule has 1 fully saturated rings. The lowest BCUT2D eigenvalue weighted by molar-refractivity contribution is -0.143. The molecule has 25 heavy (non-hydrogen) atoms. The van der Waals surface area contributed by atoms with Crippen molar-refractivity contribution in [2.24, 2.45) is 5.92 Å². The number of carboxylic acids is 1. The van der Waals surface area contributed by atoms with E-state index in [0.717, 1.165) is 10.4 Å². The van der Waals surface area contributed by atoms with E-state index < -0.39 is 11.9 Å². The molecule has 1 aromatic carbocycles. The molecule has 0 unspecified atom stereocenters. The Labute approximate surface area is 150 Å². The van der Waals surface area contributed by atoms with Crippen LogP contribution in [0.2, 0.25) is 0 Å². The van der Waals surface area contributed by atoms with E-state index in [1.807, 2.05) is 43.3 Å². The maximum absolute atomic E-state index is 13.0. The molecule has 132 valence electrons. The van der Waals surface area contributed by atoms with Gasteiger partial charge in [0.25, 0.3) is 5.91 Å². The van der Waals surface area contributed by atoms with Crippen LogP contribution >= 0.6 is 11.3 Å². The Morgan fingerprint density at radius 2 is 2.08 bits per heavy atom. The fourth-order valence-corrected chi connectivity index (χ4v) is 4.11. The summed E-state index contributed by atoms with van der Waals surface area (Å²) < 4.78 is 5.67. The van der Waals surface area contributed by atoms with Crippen molar-refractivity contribution in [3.8, 4) is 16.2 Å². The van der Waals surface area contributed by atoms with Crippen molar-refractivity contribution in [2.75, 3.05) is 19.7 Å². The van der Waals surface area contributed by atoms with E-state index in [4.69, 9.17) is 4.74 Å². The van der Waals surface area contributed by atoms with Gasteiger partial charge < -0.3 is 14.7 Å². The van der Waals surface area contributed by atoms with Gasteiger partial charge in [-0.15, -0.1) is 11.3 Å². The zero-order chi connectivity index (χ0) is 17.8. The Bertz CT molecular complexity index is 756. The topological polar surface area (TPSA) is 66.8 Å². The molecule has 1 saturated heterocycles. The van der Waals surface area contributed by atoms with Gasteiger partial charge in [0.2, 0.25) is 0 Å². The number of likely N-dealkylation sites (tertiary alicyclic amines) is 1. The van der Waals surface area contributed by atoms with Gasteiger partial charge in [0.05, 0.1) is 12.5 Å². The number of benzene rings is 1. The van der Waals surface area contributed by atoms with Crippen LogP contribution in [0.5, 0.6) is 5.75 Å². The first-order valence-corrected chi connectivity index (χ1v) is 9.26. The van der Waals surface area contributed by atoms with Crippen molar-refractivity contribution >= 4 is 23.2 Å². The van der Waals surface area contributed by atoms with Crippen molar-refractivity contribution < 1.29 is 19.4 Å². The molecular weight excluding hydrogens is 338 g/mol. The van der Waals surface area contributed by atoms with Crippen LogP contribution in [0.1, 0.15) is 29.4 Å². The van der Waals surface area contributed by atoms with Crippen molar-refractivity contribution in [1.29, 1.82) is 0 Å². The third kappa shape index (κ3) is 3.85. The summed E-state index contributed by atoms with van der Waals surface area (Å²) in [6, 6.07) is 11.8. The molecule has 0 radical (unpaired) electrons. The van der Waals surface area contributed by atoms with E-state index in [-0.39, 0.29) is 12.5 Å². The van der Waals surface area contributed by atoms with Crippen LogP contribution in [-0.2, 0) is 4.79 Å². The zero-order valence-electron chi connectivity index (χ0n) is 14.1. The van der Waals surface area contributed by atoms with Crippen molar-refractivity contribution in [3.63, 3.8) is 0 Å². The smallest absolute Gasteiger partial charge is 0.308 e. The molecule has 2 heterocycles. The molecule has 1 aliphatic heterocycles. The predicted molar refractivity (Wildman–Crippen MR) is 97.2 cm³/mol.